The number of hydrogen-bond donors (Lipinski definition) is 2. The van der Waals surface area contributed by atoms with E-state index in [2.05, 4.69) is 4.90 Å². The van der Waals surface area contributed by atoms with Crippen molar-refractivity contribution in [3.63, 3.8) is 0 Å². The molecule has 0 aliphatic carbocycles. The maximum atomic E-state index is 11.2. The first kappa shape index (κ1) is 12.7. The Morgan fingerprint density at radius 2 is 2.37 bits per heavy atom. The van der Waals surface area contributed by atoms with Crippen molar-refractivity contribution >= 4 is 21.6 Å². The van der Waals surface area contributed by atoms with E-state index in [4.69, 9.17) is 10.2 Å². The number of rotatable bonds is 2. The van der Waals surface area contributed by atoms with Crippen molar-refractivity contribution in [2.45, 2.75) is 12.5 Å². The van der Waals surface area contributed by atoms with Crippen LogP contribution in [0.5, 0.6) is 5.75 Å². The van der Waals surface area contributed by atoms with Crippen molar-refractivity contribution in [1.29, 1.82) is 0 Å². The molecule has 19 heavy (non-hydrogen) atoms. The van der Waals surface area contributed by atoms with E-state index in [-0.39, 0.29) is 16.7 Å². The van der Waals surface area contributed by atoms with Crippen LogP contribution >= 0.6 is 11.3 Å². The third-order valence-corrected chi connectivity index (χ3v) is 4.60. The van der Waals surface area contributed by atoms with Crippen molar-refractivity contribution in [3.05, 3.63) is 27.4 Å². The molecule has 2 heterocycles. The van der Waals surface area contributed by atoms with Crippen LogP contribution < -0.4 is 10.7 Å². The van der Waals surface area contributed by atoms with Gasteiger partial charge in [-0.2, -0.15) is 0 Å². The number of aromatic hydroxyl groups is 1. The maximum Gasteiger partial charge on any atom is 0.396 e. The van der Waals surface area contributed by atoms with Crippen LogP contribution in [-0.2, 0) is 0 Å². The standard InChI is InChI=1S/C13H16N2O3S/c1-15-6-7(5-14)2-9(15)8-3-11-12(4-10(8)16)19-13(17)18-11/h3-4,7,9,16H,2,5-6,14H2,1H3. The molecule has 0 amide bonds. The van der Waals surface area contributed by atoms with Gasteiger partial charge >= 0.3 is 4.94 Å². The molecule has 3 N–H and O–H groups in total. The van der Waals surface area contributed by atoms with Gasteiger partial charge in [-0.15, -0.1) is 0 Å². The summed E-state index contributed by atoms with van der Waals surface area (Å²) in [5, 5.41) is 10.2. The van der Waals surface area contributed by atoms with E-state index >= 15 is 0 Å². The van der Waals surface area contributed by atoms with Crippen LogP contribution in [0.2, 0.25) is 0 Å². The zero-order chi connectivity index (χ0) is 13.6. The lowest BCUT2D eigenvalue weighted by atomic mass is 9.99. The first-order valence-electron chi connectivity index (χ1n) is 6.25. The number of phenolic OH excluding ortho intramolecular Hbond substituents is 1. The van der Waals surface area contributed by atoms with E-state index in [1.54, 1.807) is 12.1 Å². The van der Waals surface area contributed by atoms with Gasteiger partial charge in [-0.05, 0) is 32.0 Å². The summed E-state index contributed by atoms with van der Waals surface area (Å²) in [6.07, 6.45) is 0.917. The van der Waals surface area contributed by atoms with Crippen LogP contribution in [0.25, 0.3) is 10.3 Å². The predicted molar refractivity (Wildman–Crippen MR) is 74.6 cm³/mol. The monoisotopic (exact) mass is 280 g/mol. The molecule has 0 bridgehead atoms. The fraction of sp³-hybridized carbons (Fsp3) is 0.462. The zero-order valence-corrected chi connectivity index (χ0v) is 11.4. The summed E-state index contributed by atoms with van der Waals surface area (Å²) >= 11 is 1.01. The highest BCUT2D eigenvalue weighted by molar-refractivity contribution is 7.16. The number of nitrogens with two attached hydrogens (primary N) is 1. The average Bonchev–Trinajstić information content (AvgIpc) is 2.90. The van der Waals surface area contributed by atoms with Crippen molar-refractivity contribution < 1.29 is 9.52 Å². The van der Waals surface area contributed by atoms with Crippen LogP contribution in [0.4, 0.5) is 0 Å². The van der Waals surface area contributed by atoms with Crippen LogP contribution in [-0.4, -0.2) is 30.1 Å². The summed E-state index contributed by atoms with van der Waals surface area (Å²) in [6, 6.07) is 3.52. The van der Waals surface area contributed by atoms with E-state index in [1.165, 1.54) is 0 Å². The van der Waals surface area contributed by atoms with Gasteiger partial charge in [-0.25, -0.2) is 4.79 Å². The molecule has 1 aromatic carbocycles. The largest absolute Gasteiger partial charge is 0.508 e. The van der Waals surface area contributed by atoms with E-state index in [9.17, 15) is 9.90 Å². The first-order chi connectivity index (χ1) is 9.08. The Balaban J connectivity index is 2.04. The fourth-order valence-electron chi connectivity index (χ4n) is 2.83. The molecule has 1 aromatic heterocycles. The molecule has 0 radical (unpaired) electrons. The molecule has 2 atom stereocenters. The lowest BCUT2D eigenvalue weighted by Crippen LogP contribution is -2.20. The second-order valence-electron chi connectivity index (χ2n) is 5.10. The average molecular weight is 280 g/mol. The third kappa shape index (κ3) is 2.16. The second-order valence-corrected chi connectivity index (χ2v) is 6.08. The predicted octanol–water partition coefficient (Wildman–Crippen LogP) is 1.51. The lowest BCUT2D eigenvalue weighted by Gasteiger charge is -2.20. The fourth-order valence-corrected chi connectivity index (χ4v) is 3.51. The zero-order valence-electron chi connectivity index (χ0n) is 10.6. The van der Waals surface area contributed by atoms with Crippen LogP contribution in [0, 0.1) is 5.92 Å². The summed E-state index contributed by atoms with van der Waals surface area (Å²) in [5.74, 6) is 0.665. The minimum Gasteiger partial charge on any atom is -0.508 e. The highest BCUT2D eigenvalue weighted by Gasteiger charge is 2.31. The highest BCUT2D eigenvalue weighted by Crippen LogP contribution is 2.39. The highest BCUT2D eigenvalue weighted by atomic mass is 32.1. The van der Waals surface area contributed by atoms with Crippen LogP contribution in [0.1, 0.15) is 18.0 Å². The second kappa shape index (κ2) is 4.63. The Morgan fingerprint density at radius 3 is 3.05 bits per heavy atom. The summed E-state index contributed by atoms with van der Waals surface area (Å²) in [4.78, 5) is 13.1. The summed E-state index contributed by atoms with van der Waals surface area (Å²) in [7, 11) is 2.02. The van der Waals surface area contributed by atoms with Gasteiger partial charge < -0.3 is 15.3 Å². The van der Waals surface area contributed by atoms with Crippen molar-refractivity contribution in [3.8, 4) is 5.75 Å². The number of hydrogen-bond acceptors (Lipinski definition) is 6. The van der Waals surface area contributed by atoms with Crippen LogP contribution in [0.15, 0.2) is 21.3 Å². The van der Waals surface area contributed by atoms with Crippen LogP contribution in [0.3, 0.4) is 0 Å². The van der Waals surface area contributed by atoms with Crippen molar-refractivity contribution in [1.82, 2.24) is 4.90 Å². The van der Waals surface area contributed by atoms with Crippen molar-refractivity contribution in [2.24, 2.45) is 11.7 Å². The quantitative estimate of drug-likeness (QED) is 0.871. The van der Waals surface area contributed by atoms with Gasteiger partial charge in [0.1, 0.15) is 11.3 Å². The van der Waals surface area contributed by atoms with Gasteiger partial charge in [0.05, 0.1) is 4.70 Å². The molecule has 2 unspecified atom stereocenters. The van der Waals surface area contributed by atoms with E-state index in [0.717, 1.165) is 29.9 Å². The van der Waals surface area contributed by atoms with Gasteiger partial charge in [0.25, 0.3) is 0 Å². The number of phenols is 1. The molecular formula is C13H16N2O3S. The number of benzene rings is 1. The molecular weight excluding hydrogens is 264 g/mol. The summed E-state index contributed by atoms with van der Waals surface area (Å²) in [6.45, 7) is 1.57. The molecule has 0 spiro atoms. The molecule has 0 saturated carbocycles. The molecule has 1 aliphatic heterocycles. The van der Waals surface area contributed by atoms with E-state index in [0.29, 0.717) is 22.7 Å². The minimum atomic E-state index is -0.342. The molecule has 5 nitrogen and oxygen atoms in total. The summed E-state index contributed by atoms with van der Waals surface area (Å²) in [5.41, 5.74) is 7.08. The third-order valence-electron chi connectivity index (χ3n) is 3.81. The Kier molecular flexibility index (Phi) is 3.08. The lowest BCUT2D eigenvalue weighted by molar-refractivity contribution is 0.306. The Bertz CT molecular complexity index is 663. The Labute approximate surface area is 114 Å². The summed E-state index contributed by atoms with van der Waals surface area (Å²) < 4.78 is 5.80. The molecule has 2 aromatic rings. The normalized spacial score (nSPS) is 24.3. The molecule has 1 fully saturated rings. The number of nitrogens with zero attached hydrogens (tertiary/aromatic N) is 1. The van der Waals surface area contributed by atoms with E-state index < -0.39 is 0 Å². The van der Waals surface area contributed by atoms with Gasteiger partial charge in [-0.1, -0.05) is 11.3 Å². The molecule has 6 heteroatoms. The number of likely N-dealkylation sites (tertiary alicyclic amines) is 1. The van der Waals surface area contributed by atoms with Gasteiger partial charge in [0.2, 0.25) is 0 Å². The molecule has 1 saturated heterocycles. The smallest absolute Gasteiger partial charge is 0.396 e. The SMILES string of the molecule is CN1CC(CN)CC1c1cc2oc(=O)sc2cc1O. The maximum absolute atomic E-state index is 11.2. The molecule has 3 rings (SSSR count). The number of fused-ring (bicyclic) bond motifs is 1. The van der Waals surface area contributed by atoms with E-state index in [1.807, 2.05) is 7.05 Å². The Morgan fingerprint density at radius 1 is 1.58 bits per heavy atom. The molecule has 102 valence electrons. The van der Waals surface area contributed by atoms with Crippen molar-refractivity contribution in [2.75, 3.05) is 20.1 Å². The Hall–Kier alpha value is -1.37. The minimum absolute atomic E-state index is 0.128. The first-order valence-corrected chi connectivity index (χ1v) is 7.07. The van der Waals surface area contributed by atoms with Gasteiger partial charge in [0, 0.05) is 24.2 Å². The topological polar surface area (TPSA) is 79.7 Å². The van der Waals surface area contributed by atoms with Gasteiger partial charge in [-0.3, -0.25) is 4.90 Å². The molecule has 1 aliphatic rings. The van der Waals surface area contributed by atoms with Gasteiger partial charge in [0.15, 0.2) is 0 Å².